The lowest BCUT2D eigenvalue weighted by atomic mass is 9.75. The van der Waals surface area contributed by atoms with Crippen molar-refractivity contribution in [3.63, 3.8) is 0 Å². The monoisotopic (exact) mass is 281 g/mol. The molecule has 1 heterocycles. The molecule has 0 aliphatic heterocycles. The summed E-state index contributed by atoms with van der Waals surface area (Å²) in [6.07, 6.45) is 5.00. The molecule has 3 nitrogen and oxygen atoms in total. The summed E-state index contributed by atoms with van der Waals surface area (Å²) < 4.78 is 0. The quantitative estimate of drug-likeness (QED) is 0.763. The molecule has 1 aromatic rings. The van der Waals surface area contributed by atoms with E-state index in [9.17, 15) is 0 Å². The van der Waals surface area contributed by atoms with Crippen LogP contribution >= 0.6 is 11.6 Å². The maximum atomic E-state index is 6.17. The largest absolute Gasteiger partial charge is 0.356 e. The highest BCUT2D eigenvalue weighted by Gasteiger charge is 2.30. The molecule has 0 radical (unpaired) electrons. The van der Waals surface area contributed by atoms with Crippen molar-refractivity contribution in [3.8, 4) is 0 Å². The Bertz CT molecular complexity index is 461. The number of anilines is 1. The van der Waals surface area contributed by atoms with Gasteiger partial charge in [0.25, 0.3) is 0 Å². The Morgan fingerprint density at radius 1 is 1.16 bits per heavy atom. The van der Waals surface area contributed by atoms with Gasteiger partial charge in [0.1, 0.15) is 16.8 Å². The first-order valence-corrected chi connectivity index (χ1v) is 7.41. The summed E-state index contributed by atoms with van der Waals surface area (Å²) in [5.74, 6) is 1.73. The van der Waals surface area contributed by atoms with Crippen LogP contribution in [0.1, 0.15) is 50.9 Å². The summed E-state index contributed by atoms with van der Waals surface area (Å²) in [7, 11) is 2.13. The highest BCUT2D eigenvalue weighted by molar-refractivity contribution is 6.30. The number of hydrogen-bond acceptors (Lipinski definition) is 3. The van der Waals surface area contributed by atoms with Gasteiger partial charge in [0, 0.05) is 18.7 Å². The lowest BCUT2D eigenvalue weighted by Crippen LogP contribution is -2.38. The van der Waals surface area contributed by atoms with Gasteiger partial charge in [0.2, 0.25) is 0 Å². The van der Waals surface area contributed by atoms with Gasteiger partial charge < -0.3 is 4.90 Å². The van der Waals surface area contributed by atoms with Gasteiger partial charge in [-0.3, -0.25) is 0 Å². The van der Waals surface area contributed by atoms with Crippen molar-refractivity contribution in [2.45, 2.75) is 59.4 Å². The van der Waals surface area contributed by atoms with E-state index < -0.39 is 0 Å². The molecule has 0 saturated heterocycles. The molecule has 0 atom stereocenters. The molecule has 1 saturated carbocycles. The van der Waals surface area contributed by atoms with Crippen LogP contribution in [0.15, 0.2) is 0 Å². The van der Waals surface area contributed by atoms with Gasteiger partial charge in [-0.1, -0.05) is 25.4 Å². The Labute approximate surface area is 121 Å². The van der Waals surface area contributed by atoms with Crippen molar-refractivity contribution in [1.82, 2.24) is 9.97 Å². The van der Waals surface area contributed by atoms with Crippen molar-refractivity contribution in [3.05, 3.63) is 16.5 Å². The molecule has 1 fully saturated rings. The van der Waals surface area contributed by atoms with Crippen LogP contribution in [-0.2, 0) is 0 Å². The van der Waals surface area contributed by atoms with E-state index in [0.29, 0.717) is 16.6 Å². The predicted octanol–water partition coefficient (Wildman–Crippen LogP) is 4.15. The topological polar surface area (TPSA) is 29.0 Å². The summed E-state index contributed by atoms with van der Waals surface area (Å²) in [6.45, 7) is 8.62. The van der Waals surface area contributed by atoms with Gasteiger partial charge >= 0.3 is 0 Å². The predicted molar refractivity (Wildman–Crippen MR) is 81.0 cm³/mol. The summed E-state index contributed by atoms with van der Waals surface area (Å²) >= 11 is 6.17. The van der Waals surface area contributed by atoms with Crippen LogP contribution in [0.5, 0.6) is 0 Å². The van der Waals surface area contributed by atoms with E-state index in [1.54, 1.807) is 0 Å². The minimum absolute atomic E-state index is 0.492. The number of nitrogens with zero attached hydrogens (tertiary/aromatic N) is 3. The Morgan fingerprint density at radius 3 is 2.32 bits per heavy atom. The third-order valence-corrected chi connectivity index (χ3v) is 4.73. The van der Waals surface area contributed by atoms with E-state index in [2.05, 4.69) is 35.8 Å². The molecule has 0 unspecified atom stereocenters. The second-order valence-corrected chi connectivity index (χ2v) is 6.87. The van der Waals surface area contributed by atoms with Gasteiger partial charge in [-0.05, 0) is 44.9 Å². The maximum Gasteiger partial charge on any atom is 0.137 e. The normalized spacial score (nSPS) is 19.5. The minimum Gasteiger partial charge on any atom is -0.356 e. The number of rotatable bonds is 2. The molecule has 1 aromatic heterocycles. The molecular formula is C15H24ClN3. The Balaban J connectivity index is 2.19. The highest BCUT2D eigenvalue weighted by atomic mass is 35.5. The van der Waals surface area contributed by atoms with E-state index >= 15 is 0 Å². The third kappa shape index (κ3) is 3.19. The molecule has 106 valence electrons. The van der Waals surface area contributed by atoms with E-state index in [1.807, 2.05) is 13.8 Å². The SMILES string of the molecule is Cc1nc(Cl)c(C)c(N(C)C2CCC(C)(C)CC2)n1. The van der Waals surface area contributed by atoms with Crippen molar-refractivity contribution in [2.24, 2.45) is 5.41 Å². The zero-order chi connectivity index (χ0) is 14.2. The third-order valence-electron chi connectivity index (χ3n) is 4.36. The second-order valence-electron chi connectivity index (χ2n) is 6.52. The molecule has 0 bridgehead atoms. The van der Waals surface area contributed by atoms with E-state index in [0.717, 1.165) is 17.2 Å². The molecule has 1 aliphatic rings. The fraction of sp³-hybridized carbons (Fsp3) is 0.733. The molecule has 19 heavy (non-hydrogen) atoms. The molecule has 0 amide bonds. The Kier molecular flexibility index (Phi) is 4.05. The first kappa shape index (κ1) is 14.6. The van der Waals surface area contributed by atoms with Gasteiger partial charge in [-0.2, -0.15) is 0 Å². The lowest BCUT2D eigenvalue weighted by molar-refractivity contribution is 0.222. The fourth-order valence-electron chi connectivity index (χ4n) is 2.87. The number of aryl methyl sites for hydroxylation is 1. The van der Waals surface area contributed by atoms with Gasteiger partial charge in [-0.15, -0.1) is 0 Å². The van der Waals surface area contributed by atoms with Crippen LogP contribution in [0, 0.1) is 19.3 Å². The Hall–Kier alpha value is -0.830. The van der Waals surface area contributed by atoms with Crippen LogP contribution in [0.2, 0.25) is 5.15 Å². The van der Waals surface area contributed by atoms with Gasteiger partial charge in [0.05, 0.1) is 0 Å². The lowest BCUT2D eigenvalue weighted by Gasteiger charge is -2.39. The highest BCUT2D eigenvalue weighted by Crippen LogP contribution is 2.38. The van der Waals surface area contributed by atoms with Crippen LogP contribution in [0.3, 0.4) is 0 Å². The van der Waals surface area contributed by atoms with Crippen LogP contribution in [0.25, 0.3) is 0 Å². The second kappa shape index (κ2) is 5.28. The average Bonchev–Trinajstić information content (AvgIpc) is 2.33. The molecule has 2 rings (SSSR count). The molecule has 0 N–H and O–H groups in total. The zero-order valence-electron chi connectivity index (χ0n) is 12.6. The Morgan fingerprint density at radius 2 is 1.74 bits per heavy atom. The molecule has 4 heteroatoms. The summed E-state index contributed by atoms with van der Waals surface area (Å²) in [4.78, 5) is 11.1. The van der Waals surface area contributed by atoms with Crippen LogP contribution in [0.4, 0.5) is 5.82 Å². The number of aromatic nitrogens is 2. The van der Waals surface area contributed by atoms with E-state index in [4.69, 9.17) is 11.6 Å². The smallest absolute Gasteiger partial charge is 0.137 e. The summed E-state index contributed by atoms with van der Waals surface area (Å²) in [6, 6.07) is 0.567. The molecule has 0 spiro atoms. The molecule has 1 aliphatic carbocycles. The summed E-state index contributed by atoms with van der Waals surface area (Å²) in [5.41, 5.74) is 1.48. The maximum absolute atomic E-state index is 6.17. The van der Waals surface area contributed by atoms with Crippen molar-refractivity contribution < 1.29 is 0 Å². The van der Waals surface area contributed by atoms with Crippen LogP contribution < -0.4 is 4.90 Å². The van der Waals surface area contributed by atoms with E-state index in [1.165, 1.54) is 25.7 Å². The standard InChI is InChI=1S/C15H24ClN3/c1-10-13(16)17-11(2)18-14(10)19(5)12-6-8-15(3,4)9-7-12/h12H,6-9H2,1-5H3. The zero-order valence-corrected chi connectivity index (χ0v) is 13.4. The van der Waals surface area contributed by atoms with Crippen molar-refractivity contribution in [2.75, 3.05) is 11.9 Å². The van der Waals surface area contributed by atoms with Crippen LogP contribution in [-0.4, -0.2) is 23.1 Å². The van der Waals surface area contributed by atoms with Crippen molar-refractivity contribution >= 4 is 17.4 Å². The van der Waals surface area contributed by atoms with Gasteiger partial charge in [0.15, 0.2) is 0 Å². The number of hydrogen-bond donors (Lipinski definition) is 0. The van der Waals surface area contributed by atoms with E-state index in [-0.39, 0.29) is 0 Å². The summed E-state index contributed by atoms with van der Waals surface area (Å²) in [5, 5.41) is 0.575. The fourth-order valence-corrected chi connectivity index (χ4v) is 3.07. The minimum atomic E-state index is 0.492. The van der Waals surface area contributed by atoms with Crippen molar-refractivity contribution in [1.29, 1.82) is 0 Å². The number of halogens is 1. The average molecular weight is 282 g/mol. The molecule has 0 aromatic carbocycles. The van der Waals surface area contributed by atoms with Gasteiger partial charge in [-0.25, -0.2) is 9.97 Å². The molecular weight excluding hydrogens is 258 g/mol. The first-order valence-electron chi connectivity index (χ1n) is 7.04. The first-order chi connectivity index (χ1) is 8.80.